The average Bonchev–Trinajstić information content (AvgIpc) is 2.68. The van der Waals surface area contributed by atoms with Gasteiger partial charge in [-0.15, -0.1) is 0 Å². The minimum atomic E-state index is 0.124. The second-order valence-electron chi connectivity index (χ2n) is 8.31. The molecule has 0 radical (unpaired) electrons. The number of carbonyl (C=O) groups excluding carboxylic acids is 1. The lowest BCUT2D eigenvalue weighted by Crippen LogP contribution is -2.56. The zero-order chi connectivity index (χ0) is 19.2. The maximum absolute atomic E-state index is 11.5. The highest BCUT2D eigenvalue weighted by molar-refractivity contribution is 5.93. The van der Waals surface area contributed by atoms with E-state index in [1.165, 1.54) is 25.1 Å². The van der Waals surface area contributed by atoms with Crippen LogP contribution in [0.2, 0.25) is 0 Å². The smallest absolute Gasteiger partial charge is 0.159 e. The van der Waals surface area contributed by atoms with Crippen LogP contribution in [0.4, 0.5) is 0 Å². The number of aliphatic hydroxyl groups excluding tert-OH is 1. The standard InChI is InChI=1S/C22H35N3O2/c1-18(27)20-7-5-19(6-8-20)16-24-10-9-22(21(17-24)4-3-15-26)25-13-11-23(2)12-14-25/h5-8,21-22,26H,3-4,9-17H2,1-2H3/t21-,22+/m1/s1. The van der Waals surface area contributed by atoms with Crippen molar-refractivity contribution >= 4 is 5.78 Å². The van der Waals surface area contributed by atoms with Crippen LogP contribution in [0.25, 0.3) is 0 Å². The second kappa shape index (κ2) is 9.78. The molecule has 0 aromatic heterocycles. The van der Waals surface area contributed by atoms with Crippen molar-refractivity contribution in [1.82, 2.24) is 14.7 Å². The molecule has 1 aromatic rings. The van der Waals surface area contributed by atoms with Gasteiger partial charge in [-0.3, -0.25) is 14.6 Å². The number of benzene rings is 1. The number of Topliss-reactive ketones (excluding diaryl/α,β-unsaturated/α-hetero) is 1. The first-order valence-electron chi connectivity index (χ1n) is 10.4. The molecule has 0 saturated carbocycles. The van der Waals surface area contributed by atoms with E-state index in [9.17, 15) is 9.90 Å². The highest BCUT2D eigenvalue weighted by Gasteiger charge is 2.33. The van der Waals surface area contributed by atoms with E-state index in [2.05, 4.69) is 33.9 Å². The van der Waals surface area contributed by atoms with E-state index >= 15 is 0 Å². The van der Waals surface area contributed by atoms with Gasteiger partial charge in [0.2, 0.25) is 0 Å². The zero-order valence-corrected chi connectivity index (χ0v) is 16.9. The van der Waals surface area contributed by atoms with E-state index in [1.807, 2.05) is 12.1 Å². The van der Waals surface area contributed by atoms with Crippen LogP contribution < -0.4 is 0 Å². The lowest BCUT2D eigenvalue weighted by molar-refractivity contribution is 0.0212. The van der Waals surface area contributed by atoms with Gasteiger partial charge in [-0.05, 0) is 51.3 Å². The van der Waals surface area contributed by atoms with Crippen LogP contribution in [0.15, 0.2) is 24.3 Å². The summed E-state index contributed by atoms with van der Waals surface area (Å²) in [6, 6.07) is 8.72. The number of aliphatic hydroxyl groups is 1. The number of likely N-dealkylation sites (N-methyl/N-ethyl adjacent to an activating group) is 1. The number of hydrogen-bond acceptors (Lipinski definition) is 5. The second-order valence-corrected chi connectivity index (χ2v) is 8.31. The van der Waals surface area contributed by atoms with E-state index in [0.29, 0.717) is 18.6 Å². The Morgan fingerprint density at radius 1 is 1.11 bits per heavy atom. The lowest BCUT2D eigenvalue weighted by atomic mass is 9.86. The third-order valence-corrected chi connectivity index (χ3v) is 6.28. The van der Waals surface area contributed by atoms with Gasteiger partial charge in [-0.2, -0.15) is 0 Å². The maximum atomic E-state index is 11.5. The van der Waals surface area contributed by atoms with Crippen LogP contribution in [0.5, 0.6) is 0 Å². The van der Waals surface area contributed by atoms with Crippen LogP contribution in [0, 0.1) is 5.92 Å². The molecular weight excluding hydrogens is 338 g/mol. The van der Waals surface area contributed by atoms with Crippen LogP contribution in [-0.4, -0.2) is 84.6 Å². The van der Waals surface area contributed by atoms with E-state index < -0.39 is 0 Å². The first-order valence-corrected chi connectivity index (χ1v) is 10.4. The van der Waals surface area contributed by atoms with Gasteiger partial charge in [0.1, 0.15) is 0 Å². The van der Waals surface area contributed by atoms with Crippen molar-refractivity contribution in [1.29, 1.82) is 0 Å². The number of piperidine rings is 1. The normalized spacial score (nSPS) is 25.6. The van der Waals surface area contributed by atoms with Crippen molar-refractivity contribution in [3.05, 3.63) is 35.4 Å². The van der Waals surface area contributed by atoms with Crippen molar-refractivity contribution < 1.29 is 9.90 Å². The molecular formula is C22H35N3O2. The van der Waals surface area contributed by atoms with Crippen LogP contribution in [-0.2, 0) is 6.54 Å². The molecule has 1 aromatic carbocycles. The predicted octanol–water partition coefficient (Wildman–Crippen LogP) is 2.10. The van der Waals surface area contributed by atoms with E-state index in [1.54, 1.807) is 6.92 Å². The first kappa shape index (κ1) is 20.5. The van der Waals surface area contributed by atoms with Crippen molar-refractivity contribution in [3.63, 3.8) is 0 Å². The van der Waals surface area contributed by atoms with E-state index in [0.717, 1.165) is 51.1 Å². The molecule has 0 aliphatic carbocycles. The molecule has 2 fully saturated rings. The lowest BCUT2D eigenvalue weighted by Gasteiger charge is -2.46. The van der Waals surface area contributed by atoms with E-state index in [4.69, 9.17) is 0 Å². The maximum Gasteiger partial charge on any atom is 0.159 e. The molecule has 2 saturated heterocycles. The molecule has 5 nitrogen and oxygen atoms in total. The molecule has 2 aliphatic rings. The Balaban J connectivity index is 1.60. The van der Waals surface area contributed by atoms with Crippen molar-refractivity contribution in [2.75, 3.05) is 52.9 Å². The van der Waals surface area contributed by atoms with Gasteiger partial charge in [0.05, 0.1) is 0 Å². The topological polar surface area (TPSA) is 47.0 Å². The summed E-state index contributed by atoms with van der Waals surface area (Å²) in [5, 5.41) is 9.34. The highest BCUT2D eigenvalue weighted by atomic mass is 16.2. The Kier molecular flexibility index (Phi) is 7.41. The monoisotopic (exact) mass is 373 g/mol. The third-order valence-electron chi connectivity index (χ3n) is 6.28. The van der Waals surface area contributed by atoms with Gasteiger partial charge in [0, 0.05) is 57.5 Å². The van der Waals surface area contributed by atoms with Crippen molar-refractivity contribution in [3.8, 4) is 0 Å². The molecule has 0 spiro atoms. The number of ketones is 1. The molecule has 2 aliphatic heterocycles. The molecule has 2 atom stereocenters. The summed E-state index contributed by atoms with van der Waals surface area (Å²) in [6.45, 7) is 9.75. The highest BCUT2D eigenvalue weighted by Crippen LogP contribution is 2.28. The van der Waals surface area contributed by atoms with Gasteiger partial charge >= 0.3 is 0 Å². The Labute approximate surface area is 163 Å². The van der Waals surface area contributed by atoms with Gasteiger partial charge < -0.3 is 10.0 Å². The van der Waals surface area contributed by atoms with Gasteiger partial charge in [0.25, 0.3) is 0 Å². The predicted molar refractivity (Wildman–Crippen MR) is 109 cm³/mol. The number of hydrogen-bond donors (Lipinski definition) is 1. The summed E-state index contributed by atoms with van der Waals surface area (Å²) in [4.78, 5) is 19.1. The number of piperazine rings is 1. The molecule has 150 valence electrons. The first-order chi connectivity index (χ1) is 13.1. The largest absolute Gasteiger partial charge is 0.396 e. The summed E-state index contributed by atoms with van der Waals surface area (Å²) < 4.78 is 0. The van der Waals surface area contributed by atoms with Crippen molar-refractivity contribution in [2.24, 2.45) is 5.92 Å². The minimum Gasteiger partial charge on any atom is -0.396 e. The Morgan fingerprint density at radius 2 is 1.81 bits per heavy atom. The van der Waals surface area contributed by atoms with E-state index in [-0.39, 0.29) is 5.78 Å². The zero-order valence-electron chi connectivity index (χ0n) is 16.9. The summed E-state index contributed by atoms with van der Waals surface area (Å²) in [6.07, 6.45) is 3.22. The summed E-state index contributed by atoms with van der Waals surface area (Å²) in [5.41, 5.74) is 2.06. The number of likely N-dealkylation sites (tertiary alicyclic amines) is 1. The SMILES string of the molecule is CC(=O)c1ccc(CN2CC[C@H](N3CCN(C)CC3)[C@H](CCCO)C2)cc1. The molecule has 5 heteroatoms. The summed E-state index contributed by atoms with van der Waals surface area (Å²) in [5.74, 6) is 0.754. The van der Waals surface area contributed by atoms with Gasteiger partial charge in [0.15, 0.2) is 5.78 Å². The van der Waals surface area contributed by atoms with Crippen LogP contribution in [0.1, 0.15) is 42.1 Å². The molecule has 2 heterocycles. The fourth-order valence-corrected chi connectivity index (χ4v) is 4.61. The molecule has 1 N–H and O–H groups in total. The Morgan fingerprint density at radius 3 is 2.44 bits per heavy atom. The fourth-order valence-electron chi connectivity index (χ4n) is 4.61. The third kappa shape index (κ3) is 5.61. The van der Waals surface area contributed by atoms with Gasteiger partial charge in [-0.25, -0.2) is 0 Å². The fraction of sp³-hybridized carbons (Fsp3) is 0.682. The Hall–Kier alpha value is -1.27. The minimum absolute atomic E-state index is 0.124. The number of nitrogens with zero attached hydrogens (tertiary/aromatic N) is 3. The average molecular weight is 374 g/mol. The number of rotatable bonds is 7. The molecule has 27 heavy (non-hydrogen) atoms. The van der Waals surface area contributed by atoms with Crippen LogP contribution >= 0.6 is 0 Å². The summed E-state index contributed by atoms with van der Waals surface area (Å²) >= 11 is 0. The van der Waals surface area contributed by atoms with Crippen molar-refractivity contribution in [2.45, 2.75) is 38.8 Å². The van der Waals surface area contributed by atoms with Gasteiger partial charge in [-0.1, -0.05) is 24.3 Å². The molecule has 0 bridgehead atoms. The quantitative estimate of drug-likeness (QED) is 0.742. The molecule has 0 amide bonds. The van der Waals surface area contributed by atoms with Crippen LogP contribution in [0.3, 0.4) is 0 Å². The molecule has 3 rings (SSSR count). The summed E-state index contributed by atoms with van der Waals surface area (Å²) in [7, 11) is 2.21. The Bertz CT molecular complexity index is 596. The number of carbonyl (C=O) groups is 1. The molecule has 0 unspecified atom stereocenters.